The number of fused-ring (bicyclic) bond motifs is 2. The second-order valence-electron chi connectivity index (χ2n) is 9.74. The van der Waals surface area contributed by atoms with Crippen molar-refractivity contribution in [3.05, 3.63) is 71.8 Å². The van der Waals surface area contributed by atoms with Crippen LogP contribution in [0.15, 0.2) is 66.3 Å². The number of hydrogen-bond donors (Lipinski definition) is 0. The van der Waals surface area contributed by atoms with Crippen LogP contribution in [0.2, 0.25) is 0 Å². The van der Waals surface area contributed by atoms with E-state index >= 15 is 0 Å². The maximum atomic E-state index is 13.6. The molecule has 0 saturated heterocycles. The predicted molar refractivity (Wildman–Crippen MR) is 142 cm³/mol. The number of ether oxygens (including phenoxy) is 2. The molecule has 2 aliphatic rings. The molecule has 0 radical (unpaired) electrons. The number of carbonyl (C=O) groups excluding carboxylic acids is 3. The molecule has 186 valence electrons. The molecule has 2 aromatic carbocycles. The lowest BCUT2D eigenvalue weighted by molar-refractivity contribution is -0.143. The predicted octanol–water partition coefficient (Wildman–Crippen LogP) is 5.73. The van der Waals surface area contributed by atoms with Crippen LogP contribution in [0.25, 0.3) is 5.57 Å². The van der Waals surface area contributed by atoms with Crippen molar-refractivity contribution < 1.29 is 23.9 Å². The van der Waals surface area contributed by atoms with Crippen molar-refractivity contribution in [1.82, 2.24) is 0 Å². The molecule has 1 aliphatic carbocycles. The minimum Gasteiger partial charge on any atom is -0.426 e. The van der Waals surface area contributed by atoms with Crippen molar-refractivity contribution >= 4 is 29.1 Å². The summed E-state index contributed by atoms with van der Waals surface area (Å²) < 4.78 is 11.3. The summed E-state index contributed by atoms with van der Waals surface area (Å²) in [4.78, 5) is 40.7. The van der Waals surface area contributed by atoms with Crippen molar-refractivity contribution in [3.63, 3.8) is 0 Å². The Kier molecular flexibility index (Phi) is 7.32. The molecule has 0 aromatic heterocycles. The Morgan fingerprint density at radius 2 is 1.78 bits per heavy atom. The van der Waals surface area contributed by atoms with E-state index in [2.05, 4.69) is 17.8 Å². The van der Waals surface area contributed by atoms with Crippen LogP contribution in [0.3, 0.4) is 0 Å². The monoisotopic (exact) mass is 493 g/mol. The Balaban J connectivity index is 1.87. The second-order valence-corrected chi connectivity index (χ2v) is 9.74. The van der Waals surface area contributed by atoms with Crippen LogP contribution in [0.1, 0.15) is 45.6 Å². The van der Waals surface area contributed by atoms with Crippen LogP contribution >= 0.6 is 0 Å². The molecule has 6 nitrogen and oxygen atoms in total. The average Bonchev–Trinajstić information content (AvgIpc) is 2.86. The third-order valence-corrected chi connectivity index (χ3v) is 5.99. The highest BCUT2D eigenvalue weighted by Crippen LogP contribution is 2.45. The van der Waals surface area contributed by atoms with E-state index in [0.29, 0.717) is 41.8 Å². The molecule has 0 spiro atoms. The first-order chi connectivity index (χ1) is 17.7. The fourth-order valence-electron chi connectivity index (χ4n) is 4.22. The SMILES string of the molecule is C#C/C=C\C#CC1C2=C(C(=O)CCC2)c2ccc(OC(=O)C(C)(C)C)cc2N1C(=O)Oc1ccccc1. The highest BCUT2D eigenvalue weighted by molar-refractivity contribution is 6.25. The number of hydrogen-bond acceptors (Lipinski definition) is 5. The number of ketones is 1. The van der Waals surface area contributed by atoms with Gasteiger partial charge in [0.05, 0.1) is 11.1 Å². The van der Waals surface area contributed by atoms with Gasteiger partial charge in [-0.25, -0.2) is 4.79 Å². The zero-order valence-electron chi connectivity index (χ0n) is 21.0. The molecule has 1 heterocycles. The van der Waals surface area contributed by atoms with Gasteiger partial charge >= 0.3 is 12.1 Å². The highest BCUT2D eigenvalue weighted by Gasteiger charge is 2.40. The van der Waals surface area contributed by atoms with E-state index in [1.54, 1.807) is 63.2 Å². The zero-order valence-corrected chi connectivity index (χ0v) is 21.0. The summed E-state index contributed by atoms with van der Waals surface area (Å²) in [6, 6.07) is 12.9. The van der Waals surface area contributed by atoms with E-state index in [4.69, 9.17) is 15.9 Å². The summed E-state index contributed by atoms with van der Waals surface area (Å²) in [6.45, 7) is 5.26. The van der Waals surface area contributed by atoms with Gasteiger partial charge in [0.2, 0.25) is 0 Å². The van der Waals surface area contributed by atoms with Crippen LogP contribution < -0.4 is 14.4 Å². The van der Waals surface area contributed by atoms with Gasteiger partial charge in [-0.1, -0.05) is 36.0 Å². The first kappa shape index (κ1) is 25.5. The van der Waals surface area contributed by atoms with E-state index in [-0.39, 0.29) is 11.5 Å². The Labute approximate surface area is 217 Å². The smallest absolute Gasteiger partial charge is 0.421 e. The highest BCUT2D eigenvalue weighted by atomic mass is 16.6. The standard InChI is InChI=1S/C31H27NO5/c1-5-6-7-11-16-25-23-15-12-17-27(33)28(23)24-19-18-22(36-29(34)31(2,3)4)20-26(24)32(25)30(35)37-21-13-9-8-10-14-21/h1,6-10,13-14,18-20,25H,12,15,17H2,2-4H3/b7-6-. The van der Waals surface area contributed by atoms with Crippen LogP contribution in [0.5, 0.6) is 11.5 Å². The van der Waals surface area contributed by atoms with Gasteiger partial charge in [-0.3, -0.25) is 14.5 Å². The number of nitrogens with zero attached hydrogens (tertiary/aromatic N) is 1. The fourth-order valence-corrected chi connectivity index (χ4v) is 4.22. The Morgan fingerprint density at radius 1 is 1.03 bits per heavy atom. The molecule has 6 heteroatoms. The Hall–Kier alpha value is -4.55. The number of terminal acetylenes is 1. The Morgan fingerprint density at radius 3 is 2.49 bits per heavy atom. The minimum atomic E-state index is -0.765. The van der Waals surface area contributed by atoms with E-state index in [1.165, 1.54) is 17.1 Å². The second kappa shape index (κ2) is 10.6. The summed E-state index contributed by atoms with van der Waals surface area (Å²) in [5, 5.41) is 0. The third-order valence-electron chi connectivity index (χ3n) is 5.99. The maximum absolute atomic E-state index is 13.6. The number of allylic oxidation sites excluding steroid dienone is 3. The van der Waals surface area contributed by atoms with E-state index in [0.717, 1.165) is 5.57 Å². The summed E-state index contributed by atoms with van der Waals surface area (Å²) in [5.74, 6) is 8.56. The number of carbonyl (C=O) groups is 3. The molecule has 1 aliphatic heterocycles. The van der Waals surface area contributed by atoms with Crippen LogP contribution in [-0.2, 0) is 9.59 Å². The van der Waals surface area contributed by atoms with Crippen LogP contribution in [0.4, 0.5) is 10.5 Å². The summed E-state index contributed by atoms with van der Waals surface area (Å²) in [5.41, 5.74) is 1.55. The van der Waals surface area contributed by atoms with Crippen LogP contribution in [0, 0.1) is 29.6 Å². The van der Waals surface area contributed by atoms with Gasteiger partial charge in [-0.05, 0) is 75.6 Å². The molecular formula is C31H27NO5. The lowest BCUT2D eigenvalue weighted by Gasteiger charge is -2.38. The number of amides is 1. The maximum Gasteiger partial charge on any atom is 0.421 e. The van der Waals surface area contributed by atoms with Gasteiger partial charge in [0, 0.05) is 23.6 Å². The Bertz CT molecular complexity index is 1410. The minimum absolute atomic E-state index is 0.0102. The molecular weight excluding hydrogens is 466 g/mol. The molecule has 1 amide bonds. The summed E-state index contributed by atoms with van der Waals surface area (Å²) in [7, 11) is 0. The first-order valence-corrected chi connectivity index (χ1v) is 12.0. The van der Waals surface area contributed by atoms with E-state index < -0.39 is 23.5 Å². The van der Waals surface area contributed by atoms with Gasteiger partial charge in [-0.15, -0.1) is 6.42 Å². The summed E-state index contributed by atoms with van der Waals surface area (Å²) >= 11 is 0. The fraction of sp³-hybridized carbons (Fsp3) is 0.258. The largest absolute Gasteiger partial charge is 0.426 e. The molecule has 0 saturated carbocycles. The van der Waals surface area contributed by atoms with Gasteiger partial charge in [0.15, 0.2) is 5.78 Å². The van der Waals surface area contributed by atoms with Crippen molar-refractivity contribution in [2.24, 2.45) is 5.41 Å². The number of rotatable bonds is 2. The molecule has 1 atom stereocenters. The van der Waals surface area contributed by atoms with Gasteiger partial charge in [0.1, 0.15) is 17.5 Å². The lowest BCUT2D eigenvalue weighted by atomic mass is 9.79. The number of para-hydroxylation sites is 1. The van der Waals surface area contributed by atoms with Crippen molar-refractivity contribution in [2.45, 2.75) is 46.1 Å². The molecule has 2 aromatic rings. The quantitative estimate of drug-likeness (QED) is 0.304. The first-order valence-electron chi connectivity index (χ1n) is 12.0. The van der Waals surface area contributed by atoms with Gasteiger partial charge in [0.25, 0.3) is 0 Å². The van der Waals surface area contributed by atoms with Gasteiger partial charge in [-0.2, -0.15) is 0 Å². The lowest BCUT2D eigenvalue weighted by Crippen LogP contribution is -2.46. The molecule has 37 heavy (non-hydrogen) atoms. The average molecular weight is 494 g/mol. The van der Waals surface area contributed by atoms with Crippen molar-refractivity contribution in [1.29, 1.82) is 0 Å². The number of esters is 1. The number of benzene rings is 2. The zero-order chi connectivity index (χ0) is 26.6. The molecule has 0 bridgehead atoms. The van der Waals surface area contributed by atoms with E-state index in [1.807, 2.05) is 6.07 Å². The third kappa shape index (κ3) is 5.50. The van der Waals surface area contributed by atoms with Crippen molar-refractivity contribution in [3.8, 4) is 35.7 Å². The van der Waals surface area contributed by atoms with Gasteiger partial charge < -0.3 is 9.47 Å². The van der Waals surface area contributed by atoms with E-state index in [9.17, 15) is 14.4 Å². The topological polar surface area (TPSA) is 72.9 Å². The molecule has 0 fully saturated rings. The number of Topliss-reactive ketones (excluding diaryl/α,β-unsaturated/α-hetero) is 1. The van der Waals surface area contributed by atoms with Crippen LogP contribution in [-0.4, -0.2) is 23.9 Å². The molecule has 0 N–H and O–H groups in total. The van der Waals surface area contributed by atoms with Crippen molar-refractivity contribution in [2.75, 3.05) is 4.90 Å². The normalized spacial score (nSPS) is 16.8. The summed E-state index contributed by atoms with van der Waals surface area (Å²) in [6.07, 6.45) is 9.28. The molecule has 1 unspecified atom stereocenters. The number of anilines is 1. The molecule has 4 rings (SSSR count).